The van der Waals surface area contributed by atoms with Crippen LogP contribution >= 0.6 is 7.82 Å². The summed E-state index contributed by atoms with van der Waals surface area (Å²) in [6.45, 7) is 4.67. The summed E-state index contributed by atoms with van der Waals surface area (Å²) in [5, 5.41) is 9.86. The Morgan fingerprint density at radius 2 is 0.628 bits per heavy atom. The Bertz CT molecular complexity index is 1450. The fourth-order valence-corrected chi connectivity index (χ4v) is 10.3. The van der Waals surface area contributed by atoms with Crippen molar-refractivity contribution in [2.45, 2.75) is 341 Å². The highest BCUT2D eigenvalue weighted by Crippen LogP contribution is 2.43. The van der Waals surface area contributed by atoms with Crippen LogP contribution in [0.25, 0.3) is 0 Å². The first-order valence-corrected chi connectivity index (χ1v) is 34.4. The van der Waals surface area contributed by atoms with Crippen molar-refractivity contribution in [2.24, 2.45) is 0 Å². The van der Waals surface area contributed by atoms with Gasteiger partial charge in [0.15, 0.2) is 6.10 Å². The van der Waals surface area contributed by atoms with E-state index in [0.29, 0.717) is 19.3 Å². The summed E-state index contributed by atoms with van der Waals surface area (Å²) in [6, 6.07) is 0. The lowest BCUT2D eigenvalue weighted by Gasteiger charge is -2.21. The number of phosphoric acid groups is 1. The van der Waals surface area contributed by atoms with Gasteiger partial charge in [-0.2, -0.15) is 0 Å². The minimum atomic E-state index is -4.75. The van der Waals surface area contributed by atoms with Crippen LogP contribution in [0.3, 0.4) is 0 Å². The van der Waals surface area contributed by atoms with Gasteiger partial charge in [0.2, 0.25) is 0 Å². The van der Waals surface area contributed by atoms with E-state index in [1.807, 2.05) is 0 Å². The Labute approximate surface area is 480 Å². The van der Waals surface area contributed by atoms with Gasteiger partial charge in [0, 0.05) is 19.3 Å². The van der Waals surface area contributed by atoms with Gasteiger partial charge in [-0.3, -0.25) is 23.4 Å². The van der Waals surface area contributed by atoms with Crippen LogP contribution in [-0.2, 0) is 42.2 Å². The molecule has 0 aliphatic carbocycles. The van der Waals surface area contributed by atoms with E-state index in [4.69, 9.17) is 23.3 Å². The molecule has 0 aliphatic heterocycles. The lowest BCUT2D eigenvalue weighted by Crippen LogP contribution is -2.30. The zero-order chi connectivity index (χ0) is 56.9. The van der Waals surface area contributed by atoms with Gasteiger partial charge in [-0.1, -0.05) is 269 Å². The molecular weight excluding hydrogens is 1000 g/mol. The minimum absolute atomic E-state index is 0.164. The maximum absolute atomic E-state index is 13.0. The molecule has 0 spiro atoms. The summed E-state index contributed by atoms with van der Waals surface area (Å²) < 4.78 is 39.7. The lowest BCUT2D eigenvalue weighted by atomic mass is 10.0. The topological polar surface area (TPSA) is 155 Å². The van der Waals surface area contributed by atoms with Crippen LogP contribution < -0.4 is 0 Å². The van der Waals surface area contributed by atoms with Gasteiger partial charge >= 0.3 is 25.7 Å². The maximum Gasteiger partial charge on any atom is 0.472 e. The van der Waals surface area contributed by atoms with E-state index in [1.54, 1.807) is 0 Å². The Morgan fingerprint density at radius 3 is 1.00 bits per heavy atom. The van der Waals surface area contributed by atoms with E-state index in [1.165, 1.54) is 180 Å². The molecular formula is C66H123O11P. The van der Waals surface area contributed by atoms with Crippen molar-refractivity contribution in [3.05, 3.63) is 36.5 Å². The van der Waals surface area contributed by atoms with E-state index >= 15 is 0 Å². The lowest BCUT2D eigenvalue weighted by molar-refractivity contribution is -0.161. The minimum Gasteiger partial charge on any atom is -0.462 e. The Morgan fingerprint density at radius 1 is 0.359 bits per heavy atom. The Hall–Kier alpha value is -2.30. The predicted octanol–water partition coefficient (Wildman–Crippen LogP) is 19.9. The number of carbonyl (C=O) groups excluding carboxylic acids is 3. The number of phosphoric ester groups is 1. The van der Waals surface area contributed by atoms with Gasteiger partial charge in [0.05, 0.1) is 19.8 Å². The number of carbonyl (C=O) groups is 3. The van der Waals surface area contributed by atoms with Crippen LogP contribution in [0.1, 0.15) is 329 Å². The number of esters is 3. The van der Waals surface area contributed by atoms with Crippen LogP contribution in [0, 0.1) is 0 Å². The standard InChI is InChI=1S/C66H123O11P/c1-4-7-10-13-16-19-22-25-27-29-31-33-35-38-41-44-47-50-53-56-65(69)76-62(58-67)60-74-78(71,72)75-61-63(59-73-64(68)55-52-49-46-43-40-37-24-21-18-15-12-9-6-3)77-66(70)57-54-51-48-45-42-39-36-34-32-30-28-26-23-20-17-14-11-8-5-2/h17,20-21,24,26,28,62-63,67H,4-16,18-19,22-23,25,27,29-61H2,1-3H3,(H,71,72)/b20-17-,24-21-,28-26-. The second-order valence-electron chi connectivity index (χ2n) is 22.3. The van der Waals surface area contributed by atoms with Crippen molar-refractivity contribution in [2.75, 3.05) is 26.4 Å². The normalized spacial score (nSPS) is 13.4. The van der Waals surface area contributed by atoms with Crippen LogP contribution in [0.15, 0.2) is 36.5 Å². The number of unbranched alkanes of at least 4 members (excludes halogenated alkanes) is 39. The molecule has 0 bridgehead atoms. The maximum atomic E-state index is 13.0. The van der Waals surface area contributed by atoms with Gasteiger partial charge in [-0.15, -0.1) is 0 Å². The number of aliphatic hydroxyl groups excluding tert-OH is 1. The molecule has 0 aromatic carbocycles. The van der Waals surface area contributed by atoms with Crippen molar-refractivity contribution in [1.29, 1.82) is 0 Å². The number of hydrogen-bond acceptors (Lipinski definition) is 10. The van der Waals surface area contributed by atoms with Crippen LogP contribution in [0.2, 0.25) is 0 Å². The molecule has 0 rings (SSSR count). The van der Waals surface area contributed by atoms with Gasteiger partial charge in [0.1, 0.15) is 12.7 Å². The van der Waals surface area contributed by atoms with Crippen molar-refractivity contribution in [3.8, 4) is 0 Å². The smallest absolute Gasteiger partial charge is 0.462 e. The SMILES string of the molecule is CCCCC/C=C\C/C=C\CCCCCCCCCCCC(=O)OC(COC(=O)CCCCCCC/C=C\CCCCCC)COP(=O)(O)OCC(CO)OC(=O)CCCCCCCCCCCCCCCCCCCCC. The van der Waals surface area contributed by atoms with E-state index in [-0.39, 0.29) is 25.9 Å². The van der Waals surface area contributed by atoms with Crippen molar-refractivity contribution in [3.63, 3.8) is 0 Å². The van der Waals surface area contributed by atoms with Crippen LogP contribution in [-0.4, -0.2) is 66.5 Å². The first kappa shape index (κ1) is 75.7. The highest BCUT2D eigenvalue weighted by Gasteiger charge is 2.28. The van der Waals surface area contributed by atoms with Crippen LogP contribution in [0.4, 0.5) is 0 Å². The monoisotopic (exact) mass is 1120 g/mol. The molecule has 458 valence electrons. The molecule has 0 aromatic rings. The fourth-order valence-electron chi connectivity index (χ4n) is 9.50. The van der Waals surface area contributed by atoms with Gasteiger partial charge in [-0.05, 0) is 77.0 Å². The molecule has 3 unspecified atom stereocenters. The first-order valence-electron chi connectivity index (χ1n) is 32.9. The summed E-state index contributed by atoms with van der Waals surface area (Å²) in [4.78, 5) is 48.7. The molecule has 2 N–H and O–H groups in total. The summed E-state index contributed by atoms with van der Waals surface area (Å²) in [6.07, 6.45) is 65.2. The van der Waals surface area contributed by atoms with Crippen molar-refractivity contribution < 1.29 is 52.2 Å². The van der Waals surface area contributed by atoms with E-state index < -0.39 is 57.8 Å². The Balaban J connectivity index is 4.61. The molecule has 0 saturated heterocycles. The van der Waals surface area contributed by atoms with Crippen molar-refractivity contribution >= 4 is 25.7 Å². The molecule has 12 heteroatoms. The molecule has 0 fully saturated rings. The molecule has 0 radical (unpaired) electrons. The second kappa shape index (κ2) is 60.8. The summed E-state index contributed by atoms with van der Waals surface area (Å²) in [5.41, 5.74) is 0. The predicted molar refractivity (Wildman–Crippen MR) is 326 cm³/mol. The number of aliphatic hydroxyl groups is 1. The molecule has 0 saturated carbocycles. The highest BCUT2D eigenvalue weighted by atomic mass is 31.2. The number of ether oxygens (including phenoxy) is 3. The summed E-state index contributed by atoms with van der Waals surface area (Å²) >= 11 is 0. The van der Waals surface area contributed by atoms with E-state index in [2.05, 4.69) is 57.2 Å². The molecule has 3 atom stereocenters. The molecule has 11 nitrogen and oxygen atoms in total. The second-order valence-corrected chi connectivity index (χ2v) is 23.7. The molecule has 0 heterocycles. The number of hydrogen-bond donors (Lipinski definition) is 2. The van der Waals surface area contributed by atoms with Gasteiger partial charge in [0.25, 0.3) is 0 Å². The first-order chi connectivity index (χ1) is 38.2. The van der Waals surface area contributed by atoms with E-state index in [0.717, 1.165) is 89.9 Å². The fraction of sp³-hybridized carbons (Fsp3) is 0.864. The quantitative estimate of drug-likeness (QED) is 0.0197. The zero-order valence-electron chi connectivity index (χ0n) is 50.9. The third kappa shape index (κ3) is 58.4. The van der Waals surface area contributed by atoms with Crippen LogP contribution in [0.5, 0.6) is 0 Å². The highest BCUT2D eigenvalue weighted by molar-refractivity contribution is 7.47. The molecule has 78 heavy (non-hydrogen) atoms. The number of rotatable bonds is 62. The van der Waals surface area contributed by atoms with E-state index in [9.17, 15) is 28.9 Å². The average molecular weight is 1120 g/mol. The summed E-state index contributed by atoms with van der Waals surface area (Å²) in [7, 11) is -4.75. The largest absolute Gasteiger partial charge is 0.472 e. The summed E-state index contributed by atoms with van der Waals surface area (Å²) in [5.74, 6) is -1.45. The molecule has 0 amide bonds. The zero-order valence-corrected chi connectivity index (χ0v) is 51.8. The Kier molecular flexibility index (Phi) is 59.0. The van der Waals surface area contributed by atoms with Gasteiger partial charge < -0.3 is 24.2 Å². The molecule has 0 aromatic heterocycles. The van der Waals surface area contributed by atoms with Crippen molar-refractivity contribution in [1.82, 2.24) is 0 Å². The third-order valence-corrected chi connectivity index (χ3v) is 15.5. The van der Waals surface area contributed by atoms with Gasteiger partial charge in [-0.25, -0.2) is 4.57 Å². The molecule has 0 aliphatic rings. The number of allylic oxidation sites excluding steroid dienone is 6. The third-order valence-electron chi connectivity index (χ3n) is 14.5. The average Bonchev–Trinajstić information content (AvgIpc) is 3.43.